The van der Waals surface area contributed by atoms with E-state index in [2.05, 4.69) is 5.32 Å². The number of hydrogen-bond acceptors (Lipinski definition) is 6. The largest absolute Gasteiger partial charge is 0.497 e. The molecule has 7 heteroatoms. The number of hydrogen-bond donors (Lipinski definition) is 1. The Morgan fingerprint density at radius 2 is 1.79 bits per heavy atom. The van der Waals surface area contributed by atoms with Crippen LogP contribution in [0.15, 0.2) is 42.5 Å². The Labute approximate surface area is 163 Å². The zero-order valence-electron chi connectivity index (χ0n) is 15.7. The Hall–Kier alpha value is -3.22. The minimum Gasteiger partial charge on any atom is -0.497 e. The van der Waals surface area contributed by atoms with Crippen LogP contribution in [0.2, 0.25) is 0 Å². The van der Waals surface area contributed by atoms with Crippen molar-refractivity contribution >= 4 is 11.7 Å². The van der Waals surface area contributed by atoms with E-state index < -0.39 is 0 Å². The molecular weight excluding hydrogens is 362 g/mol. The number of ketones is 1. The normalized spacial score (nSPS) is 12.2. The summed E-state index contributed by atoms with van der Waals surface area (Å²) in [6, 6.07) is 12.3. The Kier molecular flexibility index (Phi) is 6.73. The van der Waals surface area contributed by atoms with Gasteiger partial charge in [0.1, 0.15) is 31.3 Å². The first-order valence-electron chi connectivity index (χ1n) is 9.12. The lowest BCUT2D eigenvalue weighted by Gasteiger charge is -2.18. The van der Waals surface area contributed by atoms with Crippen molar-refractivity contribution < 1.29 is 28.5 Å². The predicted octanol–water partition coefficient (Wildman–Crippen LogP) is 2.62. The van der Waals surface area contributed by atoms with Gasteiger partial charge in [-0.25, -0.2) is 0 Å². The highest BCUT2D eigenvalue weighted by Crippen LogP contribution is 2.31. The molecule has 0 saturated heterocycles. The Balaban J connectivity index is 1.37. The van der Waals surface area contributed by atoms with Crippen molar-refractivity contribution in [2.45, 2.75) is 12.8 Å². The summed E-state index contributed by atoms with van der Waals surface area (Å²) >= 11 is 0. The fourth-order valence-corrected chi connectivity index (χ4v) is 2.73. The van der Waals surface area contributed by atoms with Gasteiger partial charge in [0.05, 0.1) is 13.7 Å². The lowest BCUT2D eigenvalue weighted by Crippen LogP contribution is -2.28. The molecule has 0 fully saturated rings. The first-order valence-corrected chi connectivity index (χ1v) is 9.12. The second-order valence-corrected chi connectivity index (χ2v) is 6.16. The van der Waals surface area contributed by atoms with Gasteiger partial charge in [-0.2, -0.15) is 0 Å². The first kappa shape index (κ1) is 19.5. The van der Waals surface area contributed by atoms with Gasteiger partial charge >= 0.3 is 0 Å². The lowest BCUT2D eigenvalue weighted by atomic mass is 10.1. The zero-order valence-corrected chi connectivity index (χ0v) is 15.7. The van der Waals surface area contributed by atoms with Gasteiger partial charge in [0.25, 0.3) is 0 Å². The van der Waals surface area contributed by atoms with Gasteiger partial charge in [-0.05, 0) is 30.3 Å². The van der Waals surface area contributed by atoms with Gasteiger partial charge in [0, 0.05) is 24.5 Å². The van der Waals surface area contributed by atoms with Crippen LogP contribution in [0.25, 0.3) is 0 Å². The summed E-state index contributed by atoms with van der Waals surface area (Å²) in [6.45, 7) is 1.65. The molecule has 1 N–H and O–H groups in total. The summed E-state index contributed by atoms with van der Waals surface area (Å²) < 4.78 is 21.6. The van der Waals surface area contributed by atoms with E-state index >= 15 is 0 Å². The molecule has 3 rings (SSSR count). The smallest absolute Gasteiger partial charge is 0.220 e. The summed E-state index contributed by atoms with van der Waals surface area (Å²) in [4.78, 5) is 24.2. The fraction of sp³-hybridized carbons (Fsp3) is 0.333. The second-order valence-electron chi connectivity index (χ2n) is 6.16. The average molecular weight is 385 g/mol. The third-order valence-electron chi connectivity index (χ3n) is 4.18. The molecule has 2 aromatic carbocycles. The minimum atomic E-state index is -0.194. The number of fused-ring (bicyclic) bond motifs is 1. The summed E-state index contributed by atoms with van der Waals surface area (Å²) in [5.41, 5.74) is 0.512. The monoisotopic (exact) mass is 385 g/mol. The fourth-order valence-electron chi connectivity index (χ4n) is 2.73. The number of nitrogens with one attached hydrogen (secondary N) is 1. The van der Waals surface area contributed by atoms with Crippen molar-refractivity contribution in [2.75, 3.05) is 33.5 Å². The van der Waals surface area contributed by atoms with E-state index in [1.165, 1.54) is 0 Å². The highest BCUT2D eigenvalue weighted by atomic mass is 16.6. The molecule has 1 amide bonds. The van der Waals surface area contributed by atoms with E-state index in [0.29, 0.717) is 54.9 Å². The third-order valence-corrected chi connectivity index (χ3v) is 4.18. The third kappa shape index (κ3) is 5.39. The summed E-state index contributed by atoms with van der Waals surface area (Å²) in [7, 11) is 1.59. The van der Waals surface area contributed by atoms with E-state index in [9.17, 15) is 9.59 Å². The van der Waals surface area contributed by atoms with Crippen molar-refractivity contribution in [3.05, 3.63) is 48.0 Å². The van der Waals surface area contributed by atoms with Crippen molar-refractivity contribution in [1.29, 1.82) is 0 Å². The summed E-state index contributed by atoms with van der Waals surface area (Å²) in [5, 5.41) is 2.75. The second kappa shape index (κ2) is 9.64. The van der Waals surface area contributed by atoms with Crippen LogP contribution in [0.3, 0.4) is 0 Å². The molecular formula is C21H23NO6. The molecule has 2 aromatic rings. The highest BCUT2D eigenvalue weighted by molar-refractivity contribution is 5.98. The van der Waals surface area contributed by atoms with E-state index in [1.807, 2.05) is 18.2 Å². The molecule has 28 heavy (non-hydrogen) atoms. The van der Waals surface area contributed by atoms with E-state index in [4.69, 9.17) is 18.9 Å². The number of methoxy groups -OCH3 is 1. The molecule has 0 aliphatic carbocycles. The molecule has 148 valence electrons. The van der Waals surface area contributed by atoms with Crippen LogP contribution in [0.5, 0.6) is 23.0 Å². The van der Waals surface area contributed by atoms with E-state index in [0.717, 1.165) is 0 Å². The zero-order chi connectivity index (χ0) is 19.8. The Morgan fingerprint density at radius 1 is 1.00 bits per heavy atom. The molecule has 1 aliphatic heterocycles. The van der Waals surface area contributed by atoms with Crippen molar-refractivity contribution in [3.8, 4) is 23.0 Å². The van der Waals surface area contributed by atoms with Crippen LogP contribution in [-0.4, -0.2) is 45.2 Å². The van der Waals surface area contributed by atoms with Gasteiger partial charge in [-0.3, -0.25) is 9.59 Å². The van der Waals surface area contributed by atoms with Crippen LogP contribution < -0.4 is 24.3 Å². The van der Waals surface area contributed by atoms with Crippen molar-refractivity contribution in [3.63, 3.8) is 0 Å². The lowest BCUT2D eigenvalue weighted by molar-refractivity contribution is -0.121. The summed E-state index contributed by atoms with van der Waals surface area (Å²) in [6.07, 6.45) is 0.245. The average Bonchev–Trinajstić information content (AvgIpc) is 2.74. The van der Waals surface area contributed by atoms with Gasteiger partial charge in [0.2, 0.25) is 5.91 Å². The van der Waals surface area contributed by atoms with Gasteiger partial charge < -0.3 is 24.3 Å². The van der Waals surface area contributed by atoms with Crippen molar-refractivity contribution in [1.82, 2.24) is 5.32 Å². The van der Waals surface area contributed by atoms with Crippen LogP contribution in [0.1, 0.15) is 23.2 Å². The van der Waals surface area contributed by atoms with E-state index in [1.54, 1.807) is 31.4 Å². The molecule has 0 unspecified atom stereocenters. The molecule has 0 saturated carbocycles. The number of carbonyl (C=O) groups is 2. The van der Waals surface area contributed by atoms with Gasteiger partial charge in [-0.1, -0.05) is 6.07 Å². The van der Waals surface area contributed by atoms with Crippen molar-refractivity contribution in [2.24, 2.45) is 0 Å². The molecule has 1 aliphatic rings. The molecule has 0 radical (unpaired) electrons. The maximum atomic E-state index is 12.3. The summed E-state index contributed by atoms with van der Waals surface area (Å²) in [5.74, 6) is 2.27. The molecule has 1 heterocycles. The highest BCUT2D eigenvalue weighted by Gasteiger charge is 2.15. The predicted molar refractivity (Wildman–Crippen MR) is 102 cm³/mol. The SMILES string of the molecule is COc1cccc(OCCNC(=O)CCC(=O)c2ccc3c(c2)OCCO3)c1. The number of Topliss-reactive ketones (excluding diaryl/α,β-unsaturated/α-hetero) is 1. The van der Waals surface area contributed by atoms with Crippen LogP contribution >= 0.6 is 0 Å². The van der Waals surface area contributed by atoms with Gasteiger partial charge in [-0.15, -0.1) is 0 Å². The number of ether oxygens (including phenoxy) is 4. The number of amides is 1. The standard InChI is InChI=1S/C21H23NO6/c1-25-16-3-2-4-17(14-16)26-10-9-22-21(24)8-6-18(23)15-5-7-19-20(13-15)28-12-11-27-19/h2-5,7,13-14H,6,8-12H2,1H3,(H,22,24). The Morgan fingerprint density at radius 3 is 2.61 bits per heavy atom. The topological polar surface area (TPSA) is 83.1 Å². The minimum absolute atomic E-state index is 0.111. The molecule has 0 spiro atoms. The van der Waals surface area contributed by atoms with Crippen LogP contribution in [0.4, 0.5) is 0 Å². The molecule has 7 nitrogen and oxygen atoms in total. The molecule has 0 atom stereocenters. The maximum Gasteiger partial charge on any atom is 0.220 e. The van der Waals surface area contributed by atoms with Crippen LogP contribution in [0, 0.1) is 0 Å². The van der Waals surface area contributed by atoms with E-state index in [-0.39, 0.29) is 24.5 Å². The Bertz CT molecular complexity index is 835. The first-order chi connectivity index (χ1) is 13.7. The van der Waals surface area contributed by atoms with Gasteiger partial charge in [0.15, 0.2) is 17.3 Å². The molecule has 0 aromatic heterocycles. The molecule has 0 bridgehead atoms. The number of carbonyl (C=O) groups excluding carboxylic acids is 2. The van der Waals surface area contributed by atoms with Crippen LogP contribution in [-0.2, 0) is 4.79 Å². The number of benzene rings is 2. The number of rotatable bonds is 9. The maximum absolute atomic E-state index is 12.3. The quantitative estimate of drug-likeness (QED) is 0.528.